The molecule has 11 aromatic rings. The number of hydrogen-bond donors (Lipinski definition) is 0. The average molecular weight is 705 g/mol. The molecule has 0 heteroatoms. The molecule has 2 aliphatic rings. The third-order valence-corrected chi connectivity index (χ3v) is 12.7. The SMILES string of the molecule is C1=Cc2ccc3c4ccc5c6c(ccc(c7ccc1c2c73)c64)-c1c-5c(-c2ccccc2-c2ccccc2)c2ccccc2c1-c1ccccc1-c1ccccc1. The molecule has 0 unspecified atom stereocenters. The number of fused-ring (bicyclic) bond motifs is 6. The number of hydrogen-bond acceptors (Lipinski definition) is 0. The van der Waals surface area contributed by atoms with Crippen molar-refractivity contribution in [1.82, 2.24) is 0 Å². The van der Waals surface area contributed by atoms with Crippen LogP contribution in [0.2, 0.25) is 0 Å². The van der Waals surface area contributed by atoms with Gasteiger partial charge in [-0.05, 0) is 132 Å². The minimum Gasteiger partial charge on any atom is -0.0622 e. The van der Waals surface area contributed by atoms with Crippen molar-refractivity contribution < 1.29 is 0 Å². The van der Waals surface area contributed by atoms with Crippen LogP contribution in [0.25, 0.3) is 133 Å². The zero-order valence-corrected chi connectivity index (χ0v) is 30.5. The smallest absolute Gasteiger partial charge is 0.000718 e. The lowest BCUT2D eigenvalue weighted by atomic mass is 9.79. The van der Waals surface area contributed by atoms with Crippen molar-refractivity contribution >= 4 is 66.0 Å². The minimum atomic E-state index is 1.22. The summed E-state index contributed by atoms with van der Waals surface area (Å²) in [7, 11) is 0. The van der Waals surface area contributed by atoms with Crippen LogP contribution in [0, 0.1) is 0 Å². The van der Waals surface area contributed by atoms with E-state index in [-0.39, 0.29) is 0 Å². The van der Waals surface area contributed by atoms with Crippen molar-refractivity contribution in [3.8, 4) is 66.8 Å². The molecule has 2 aliphatic carbocycles. The van der Waals surface area contributed by atoms with Gasteiger partial charge in [0.15, 0.2) is 0 Å². The highest BCUT2D eigenvalue weighted by atomic mass is 14.4. The van der Waals surface area contributed by atoms with Gasteiger partial charge in [0, 0.05) is 0 Å². The quantitative estimate of drug-likeness (QED) is 0.126. The lowest BCUT2D eigenvalue weighted by Crippen LogP contribution is -1.96. The molecule has 0 aromatic heterocycles. The van der Waals surface area contributed by atoms with E-state index in [1.807, 2.05) is 0 Å². The van der Waals surface area contributed by atoms with Gasteiger partial charge in [0.1, 0.15) is 0 Å². The van der Waals surface area contributed by atoms with E-state index in [0.717, 1.165) is 0 Å². The molecule has 0 bridgehead atoms. The molecule has 0 spiro atoms. The van der Waals surface area contributed by atoms with E-state index in [0.29, 0.717) is 0 Å². The molecule has 0 amide bonds. The Labute approximate surface area is 324 Å². The molecule has 0 aliphatic heterocycles. The van der Waals surface area contributed by atoms with Gasteiger partial charge in [-0.25, -0.2) is 0 Å². The predicted molar refractivity (Wildman–Crippen MR) is 240 cm³/mol. The Hall–Kier alpha value is -7.28. The highest BCUT2D eigenvalue weighted by Gasteiger charge is 2.33. The highest BCUT2D eigenvalue weighted by Crippen LogP contribution is 2.61. The fourth-order valence-electron chi connectivity index (χ4n) is 10.5. The average Bonchev–Trinajstić information content (AvgIpc) is 3.85. The first kappa shape index (κ1) is 30.1. The van der Waals surface area contributed by atoms with Gasteiger partial charge in [0.2, 0.25) is 0 Å². The van der Waals surface area contributed by atoms with Gasteiger partial charge < -0.3 is 0 Å². The molecule has 13 rings (SSSR count). The first-order chi connectivity index (χ1) is 27.8. The number of rotatable bonds is 4. The maximum Gasteiger partial charge on any atom is -0.000718 e. The Morgan fingerprint density at radius 2 is 0.571 bits per heavy atom. The van der Waals surface area contributed by atoms with Gasteiger partial charge in [0.05, 0.1) is 0 Å². The second-order valence-electron chi connectivity index (χ2n) is 15.4. The van der Waals surface area contributed by atoms with Crippen LogP contribution < -0.4 is 0 Å². The Kier molecular flexibility index (Phi) is 5.98. The Bertz CT molecular complexity index is 3270. The van der Waals surface area contributed by atoms with E-state index < -0.39 is 0 Å². The van der Waals surface area contributed by atoms with Crippen molar-refractivity contribution in [1.29, 1.82) is 0 Å². The van der Waals surface area contributed by atoms with Crippen LogP contribution >= 0.6 is 0 Å². The minimum absolute atomic E-state index is 1.22. The van der Waals surface area contributed by atoms with E-state index in [4.69, 9.17) is 0 Å². The van der Waals surface area contributed by atoms with Gasteiger partial charge >= 0.3 is 0 Å². The fourth-order valence-corrected chi connectivity index (χ4v) is 10.5. The van der Waals surface area contributed by atoms with E-state index in [9.17, 15) is 0 Å². The van der Waals surface area contributed by atoms with Crippen LogP contribution in [0.4, 0.5) is 0 Å². The maximum atomic E-state index is 2.44. The summed E-state index contributed by atoms with van der Waals surface area (Å²) in [5.74, 6) is 0. The highest BCUT2D eigenvalue weighted by molar-refractivity contribution is 6.40. The number of benzene rings is 11. The standard InChI is InChI=1S/C56H32/c1-3-13-33(14-4-1)37-17-7-9-19-39(37)52-41-21-11-12-22-42(41)53(40-20-10-8-18-38(40)34-15-5-2-6-16-34)56-48-32-30-46-44-28-26-36-24-23-35-25-27-43(50(44)49(35)36)45-29-31-47(55(52)56)54(48)51(45)46/h1-32H. The molecule has 0 heterocycles. The van der Waals surface area contributed by atoms with Crippen molar-refractivity contribution in [3.05, 3.63) is 193 Å². The summed E-state index contributed by atoms with van der Waals surface area (Å²) >= 11 is 0. The van der Waals surface area contributed by atoms with E-state index >= 15 is 0 Å². The molecule has 0 N–H and O–H groups in total. The molecule has 56 heavy (non-hydrogen) atoms. The van der Waals surface area contributed by atoms with Crippen LogP contribution in [0.3, 0.4) is 0 Å². The van der Waals surface area contributed by atoms with Gasteiger partial charge in [-0.3, -0.25) is 0 Å². The van der Waals surface area contributed by atoms with Crippen LogP contribution in [-0.4, -0.2) is 0 Å². The lowest BCUT2D eigenvalue weighted by Gasteiger charge is -2.23. The summed E-state index contributed by atoms with van der Waals surface area (Å²) in [6, 6.07) is 68.1. The summed E-state index contributed by atoms with van der Waals surface area (Å²) in [4.78, 5) is 0. The lowest BCUT2D eigenvalue weighted by molar-refractivity contribution is 1.58. The molecular formula is C56H32. The van der Waals surface area contributed by atoms with Crippen LogP contribution in [0.15, 0.2) is 182 Å². The van der Waals surface area contributed by atoms with Crippen LogP contribution in [0.5, 0.6) is 0 Å². The molecule has 0 fully saturated rings. The van der Waals surface area contributed by atoms with E-state index in [2.05, 4.69) is 194 Å². The Morgan fingerprint density at radius 1 is 0.196 bits per heavy atom. The van der Waals surface area contributed by atoms with Gasteiger partial charge in [-0.15, -0.1) is 0 Å². The van der Waals surface area contributed by atoms with Crippen molar-refractivity contribution in [2.24, 2.45) is 0 Å². The first-order valence-corrected chi connectivity index (χ1v) is 19.6. The molecular weight excluding hydrogens is 673 g/mol. The summed E-state index contributed by atoms with van der Waals surface area (Å²) in [5, 5.41) is 13.4. The third-order valence-electron chi connectivity index (χ3n) is 12.7. The normalized spacial score (nSPS) is 12.6. The second-order valence-corrected chi connectivity index (χ2v) is 15.4. The molecule has 256 valence electrons. The zero-order chi connectivity index (χ0) is 36.5. The predicted octanol–water partition coefficient (Wildman–Crippen LogP) is 15.7. The zero-order valence-electron chi connectivity index (χ0n) is 30.5. The maximum absolute atomic E-state index is 2.44. The molecule has 0 saturated carbocycles. The molecule has 11 aromatic carbocycles. The molecule has 0 saturated heterocycles. The topological polar surface area (TPSA) is 0 Å². The van der Waals surface area contributed by atoms with Gasteiger partial charge in [-0.2, -0.15) is 0 Å². The summed E-state index contributed by atoms with van der Waals surface area (Å²) in [6.45, 7) is 0. The molecule has 0 nitrogen and oxygen atoms in total. The van der Waals surface area contributed by atoms with Gasteiger partial charge in [-0.1, -0.05) is 194 Å². The Morgan fingerprint density at radius 3 is 1.04 bits per heavy atom. The molecule has 0 atom stereocenters. The van der Waals surface area contributed by atoms with E-state index in [1.165, 1.54) is 132 Å². The van der Waals surface area contributed by atoms with Crippen molar-refractivity contribution in [3.63, 3.8) is 0 Å². The monoisotopic (exact) mass is 704 g/mol. The van der Waals surface area contributed by atoms with Crippen LogP contribution in [-0.2, 0) is 0 Å². The summed E-state index contributed by atoms with van der Waals surface area (Å²) in [6.07, 6.45) is 4.54. The molecule has 0 radical (unpaired) electrons. The summed E-state index contributed by atoms with van der Waals surface area (Å²) in [5.41, 5.74) is 18.0. The van der Waals surface area contributed by atoms with Gasteiger partial charge in [0.25, 0.3) is 0 Å². The largest absolute Gasteiger partial charge is 0.0622 e. The summed E-state index contributed by atoms with van der Waals surface area (Å²) < 4.78 is 0. The first-order valence-electron chi connectivity index (χ1n) is 19.6. The van der Waals surface area contributed by atoms with Crippen molar-refractivity contribution in [2.45, 2.75) is 0 Å². The van der Waals surface area contributed by atoms with Crippen molar-refractivity contribution in [2.75, 3.05) is 0 Å². The van der Waals surface area contributed by atoms with E-state index in [1.54, 1.807) is 0 Å². The fraction of sp³-hybridized carbons (Fsp3) is 0. The third kappa shape index (κ3) is 3.88. The van der Waals surface area contributed by atoms with Crippen LogP contribution in [0.1, 0.15) is 11.1 Å². The second kappa shape index (κ2) is 11.1. The Balaban J connectivity index is 1.24.